The minimum absolute atomic E-state index is 0.0252. The summed E-state index contributed by atoms with van der Waals surface area (Å²) in [6, 6.07) is 5.06. The predicted octanol–water partition coefficient (Wildman–Crippen LogP) is 3.72. The van der Waals surface area contributed by atoms with E-state index in [1.807, 2.05) is 13.0 Å². The van der Waals surface area contributed by atoms with Crippen LogP contribution in [-0.4, -0.2) is 23.8 Å². The molecule has 0 saturated heterocycles. The number of Topliss-reactive ketones (excluding diaryl/α,β-unsaturated/α-hetero) is 1. The van der Waals surface area contributed by atoms with E-state index < -0.39 is 11.3 Å². The summed E-state index contributed by atoms with van der Waals surface area (Å²) in [5.41, 5.74) is 1.38. The van der Waals surface area contributed by atoms with E-state index in [1.165, 1.54) is 13.2 Å². The zero-order chi connectivity index (χ0) is 18.4. The summed E-state index contributed by atoms with van der Waals surface area (Å²) in [5.74, 6) is -0.350. The van der Waals surface area contributed by atoms with E-state index in [2.05, 4.69) is 6.58 Å². The van der Waals surface area contributed by atoms with E-state index >= 15 is 0 Å². The molecule has 3 atom stereocenters. The highest BCUT2D eigenvalue weighted by molar-refractivity contribution is 6.13. The summed E-state index contributed by atoms with van der Waals surface area (Å²) >= 11 is 0. The van der Waals surface area contributed by atoms with Crippen molar-refractivity contribution in [2.45, 2.75) is 26.2 Å². The SMILES string of the molecule is C=CC1=CCC2C(=O)C(C)=CC(=O)C2(C)C1c1ccc(O)c(OC)c1. The lowest BCUT2D eigenvalue weighted by molar-refractivity contribution is -0.137. The molecule has 3 rings (SSSR count). The molecule has 0 heterocycles. The Morgan fingerprint density at radius 2 is 2.08 bits per heavy atom. The number of hydrogen-bond donors (Lipinski definition) is 1. The van der Waals surface area contributed by atoms with Crippen molar-refractivity contribution in [3.05, 3.63) is 59.7 Å². The molecule has 4 heteroatoms. The molecule has 4 nitrogen and oxygen atoms in total. The fourth-order valence-electron chi connectivity index (χ4n) is 4.17. The first-order chi connectivity index (χ1) is 11.8. The van der Waals surface area contributed by atoms with Gasteiger partial charge in [0.25, 0.3) is 0 Å². The molecule has 0 spiro atoms. The van der Waals surface area contributed by atoms with Crippen LogP contribution in [0.25, 0.3) is 0 Å². The Labute approximate surface area is 147 Å². The van der Waals surface area contributed by atoms with Crippen molar-refractivity contribution in [1.82, 2.24) is 0 Å². The van der Waals surface area contributed by atoms with Crippen molar-refractivity contribution in [1.29, 1.82) is 0 Å². The molecule has 0 saturated carbocycles. The predicted molar refractivity (Wildman–Crippen MR) is 95.7 cm³/mol. The van der Waals surface area contributed by atoms with Gasteiger partial charge in [0.2, 0.25) is 0 Å². The van der Waals surface area contributed by atoms with Gasteiger partial charge in [-0.25, -0.2) is 0 Å². The number of aromatic hydroxyl groups is 1. The first kappa shape index (κ1) is 17.2. The largest absolute Gasteiger partial charge is 0.504 e. The third kappa shape index (κ3) is 2.44. The molecule has 25 heavy (non-hydrogen) atoms. The minimum atomic E-state index is -0.878. The van der Waals surface area contributed by atoms with Crippen molar-refractivity contribution in [2.75, 3.05) is 7.11 Å². The molecule has 2 aliphatic rings. The van der Waals surface area contributed by atoms with Crippen molar-refractivity contribution >= 4 is 11.6 Å². The van der Waals surface area contributed by atoms with Crippen LogP contribution in [0.1, 0.15) is 31.7 Å². The fourth-order valence-corrected chi connectivity index (χ4v) is 4.17. The van der Waals surface area contributed by atoms with E-state index in [0.29, 0.717) is 17.7 Å². The lowest BCUT2D eigenvalue weighted by Gasteiger charge is -2.47. The number of phenolic OH excluding ortho intramolecular Hbond substituents is 1. The Hall–Kier alpha value is -2.62. The van der Waals surface area contributed by atoms with Crippen molar-refractivity contribution < 1.29 is 19.4 Å². The maximum Gasteiger partial charge on any atom is 0.163 e. The second-order valence-corrected chi connectivity index (χ2v) is 6.90. The van der Waals surface area contributed by atoms with Crippen LogP contribution >= 0.6 is 0 Å². The second-order valence-electron chi connectivity index (χ2n) is 6.90. The average molecular weight is 338 g/mol. The molecule has 1 N–H and O–H groups in total. The number of carbonyl (C=O) groups excluding carboxylic acids is 2. The molecule has 130 valence electrons. The van der Waals surface area contributed by atoms with Crippen LogP contribution in [-0.2, 0) is 9.59 Å². The number of allylic oxidation sites excluding steroid dienone is 5. The van der Waals surface area contributed by atoms with Crippen LogP contribution in [0, 0.1) is 11.3 Å². The summed E-state index contributed by atoms with van der Waals surface area (Å²) in [6.45, 7) is 7.45. The number of carbonyl (C=O) groups is 2. The van der Waals surface area contributed by atoms with E-state index in [9.17, 15) is 14.7 Å². The molecule has 0 aromatic heterocycles. The summed E-state index contributed by atoms with van der Waals surface area (Å²) in [5, 5.41) is 9.89. The molecule has 3 unspecified atom stereocenters. The van der Waals surface area contributed by atoms with Crippen LogP contribution in [0.5, 0.6) is 11.5 Å². The Balaban J connectivity index is 2.22. The van der Waals surface area contributed by atoms with Gasteiger partial charge >= 0.3 is 0 Å². The summed E-state index contributed by atoms with van der Waals surface area (Å²) in [7, 11) is 1.48. The van der Waals surface area contributed by atoms with Crippen LogP contribution < -0.4 is 4.74 Å². The number of phenols is 1. The van der Waals surface area contributed by atoms with Crippen molar-refractivity contribution in [3.8, 4) is 11.5 Å². The highest BCUT2D eigenvalue weighted by Crippen LogP contribution is 2.55. The highest BCUT2D eigenvalue weighted by atomic mass is 16.5. The maximum absolute atomic E-state index is 13.0. The number of rotatable bonds is 3. The van der Waals surface area contributed by atoms with Crippen LogP contribution in [0.4, 0.5) is 0 Å². The van der Waals surface area contributed by atoms with Gasteiger partial charge in [0.15, 0.2) is 23.1 Å². The smallest absolute Gasteiger partial charge is 0.163 e. The monoisotopic (exact) mass is 338 g/mol. The zero-order valence-corrected chi connectivity index (χ0v) is 14.7. The topological polar surface area (TPSA) is 63.6 Å². The standard InChI is InChI=1S/C21H22O4/c1-5-13-6-8-15-20(24)12(2)10-18(23)21(15,3)19(13)14-7-9-16(22)17(11-14)25-4/h5-7,9-11,15,19,22H,1,8H2,2-4H3. The van der Waals surface area contributed by atoms with Gasteiger partial charge in [0.1, 0.15) is 0 Å². The van der Waals surface area contributed by atoms with Gasteiger partial charge in [-0.05, 0) is 48.3 Å². The van der Waals surface area contributed by atoms with Gasteiger partial charge < -0.3 is 9.84 Å². The summed E-state index contributed by atoms with van der Waals surface area (Å²) < 4.78 is 5.22. The van der Waals surface area contributed by atoms with E-state index in [0.717, 1.165) is 11.1 Å². The van der Waals surface area contributed by atoms with Gasteiger partial charge in [-0.2, -0.15) is 0 Å². The molecule has 1 aromatic rings. The molecular weight excluding hydrogens is 316 g/mol. The number of fused-ring (bicyclic) bond motifs is 1. The lowest BCUT2D eigenvalue weighted by atomic mass is 9.53. The van der Waals surface area contributed by atoms with Crippen molar-refractivity contribution in [2.24, 2.45) is 11.3 Å². The normalized spacial score (nSPS) is 28.8. The molecule has 0 radical (unpaired) electrons. The van der Waals surface area contributed by atoms with E-state index in [1.54, 1.807) is 31.2 Å². The number of benzene rings is 1. The average Bonchev–Trinajstić information content (AvgIpc) is 2.60. The van der Waals surface area contributed by atoms with Gasteiger partial charge in [0, 0.05) is 11.8 Å². The summed E-state index contributed by atoms with van der Waals surface area (Å²) in [4.78, 5) is 25.7. The molecule has 0 aliphatic heterocycles. The van der Waals surface area contributed by atoms with Crippen molar-refractivity contribution in [3.63, 3.8) is 0 Å². The molecule has 0 amide bonds. The van der Waals surface area contributed by atoms with Gasteiger partial charge in [0.05, 0.1) is 12.5 Å². The third-order valence-corrected chi connectivity index (χ3v) is 5.60. The van der Waals surface area contributed by atoms with E-state index in [-0.39, 0.29) is 23.2 Å². The van der Waals surface area contributed by atoms with Gasteiger partial charge in [-0.15, -0.1) is 0 Å². The molecule has 1 aromatic carbocycles. The van der Waals surface area contributed by atoms with Crippen LogP contribution in [0.3, 0.4) is 0 Å². The maximum atomic E-state index is 13.0. The van der Waals surface area contributed by atoms with Gasteiger partial charge in [-0.1, -0.05) is 31.7 Å². The molecular formula is C21H22O4. The number of ether oxygens (including phenoxy) is 1. The minimum Gasteiger partial charge on any atom is -0.504 e. The number of methoxy groups -OCH3 is 1. The highest BCUT2D eigenvalue weighted by Gasteiger charge is 2.54. The molecule has 0 fully saturated rings. The van der Waals surface area contributed by atoms with E-state index in [4.69, 9.17) is 4.74 Å². The Kier molecular flexibility index (Phi) is 4.15. The molecule has 0 bridgehead atoms. The fraction of sp³-hybridized carbons (Fsp3) is 0.333. The van der Waals surface area contributed by atoms with Gasteiger partial charge in [-0.3, -0.25) is 9.59 Å². The van der Waals surface area contributed by atoms with Crippen LogP contribution in [0.2, 0.25) is 0 Å². The quantitative estimate of drug-likeness (QED) is 0.912. The first-order valence-electron chi connectivity index (χ1n) is 8.31. The first-order valence-corrected chi connectivity index (χ1v) is 8.31. The number of ketones is 2. The summed E-state index contributed by atoms with van der Waals surface area (Å²) in [6.07, 6.45) is 5.73. The lowest BCUT2D eigenvalue weighted by Crippen LogP contribution is -2.49. The molecule has 2 aliphatic carbocycles. The Morgan fingerprint density at radius 3 is 2.72 bits per heavy atom. The Morgan fingerprint density at radius 1 is 1.36 bits per heavy atom. The number of hydrogen-bond acceptors (Lipinski definition) is 4. The Bertz CT molecular complexity index is 830. The second kappa shape index (κ2) is 6.03. The zero-order valence-electron chi connectivity index (χ0n) is 14.7. The third-order valence-electron chi connectivity index (χ3n) is 5.60. The van der Waals surface area contributed by atoms with Crippen LogP contribution in [0.15, 0.2) is 54.2 Å².